The molecule has 0 saturated heterocycles. The summed E-state index contributed by atoms with van der Waals surface area (Å²) in [5.41, 5.74) is 3.31. The quantitative estimate of drug-likeness (QED) is 0.718. The van der Waals surface area contributed by atoms with E-state index >= 15 is 0 Å². The van der Waals surface area contributed by atoms with Crippen LogP contribution in [0.3, 0.4) is 0 Å². The van der Waals surface area contributed by atoms with Crippen molar-refractivity contribution in [2.45, 2.75) is 6.54 Å². The van der Waals surface area contributed by atoms with Gasteiger partial charge in [-0.05, 0) is 31.8 Å². The maximum absolute atomic E-state index is 12.6. The second-order valence-corrected chi connectivity index (χ2v) is 6.19. The van der Waals surface area contributed by atoms with Gasteiger partial charge in [0.05, 0.1) is 18.9 Å². The van der Waals surface area contributed by atoms with Crippen LogP contribution >= 0.6 is 0 Å². The number of hydrogen-bond acceptors (Lipinski definition) is 4. The largest absolute Gasteiger partial charge is 0.497 e. The van der Waals surface area contributed by atoms with Gasteiger partial charge in [-0.15, -0.1) is 0 Å². The van der Waals surface area contributed by atoms with Crippen molar-refractivity contribution >= 4 is 17.0 Å². The number of likely N-dealkylation sites (N-methyl/N-ethyl adjacent to an activating group) is 1. The maximum atomic E-state index is 12.6. The van der Waals surface area contributed by atoms with Gasteiger partial charge in [-0.1, -0.05) is 12.1 Å². The Kier molecular flexibility index (Phi) is 5.09. The molecule has 1 amide bonds. The van der Waals surface area contributed by atoms with Crippen molar-refractivity contribution in [3.05, 3.63) is 53.9 Å². The first-order chi connectivity index (χ1) is 12.1. The zero-order chi connectivity index (χ0) is 17.8. The smallest absolute Gasteiger partial charge is 0.268 e. The molecule has 1 aromatic carbocycles. The first-order valence-electron chi connectivity index (χ1n) is 8.21. The van der Waals surface area contributed by atoms with E-state index in [1.807, 2.05) is 53.9 Å². The lowest BCUT2D eigenvalue weighted by Crippen LogP contribution is -2.32. The summed E-state index contributed by atoms with van der Waals surface area (Å²) >= 11 is 0. The number of carbonyl (C=O) groups is 1. The molecule has 0 unspecified atom stereocenters. The zero-order valence-corrected chi connectivity index (χ0v) is 14.8. The molecule has 6 nitrogen and oxygen atoms in total. The monoisotopic (exact) mass is 341 g/mol. The van der Waals surface area contributed by atoms with Crippen LogP contribution in [0.2, 0.25) is 0 Å². The fourth-order valence-corrected chi connectivity index (χ4v) is 2.73. The molecule has 0 aliphatic carbocycles. The van der Waals surface area contributed by atoms with E-state index in [1.165, 1.54) is 0 Å². The Balaban J connectivity index is 1.84. The van der Waals surface area contributed by atoms with Crippen LogP contribution in [-0.2, 0) is 6.54 Å². The molecule has 0 fully saturated rings. The van der Waals surface area contributed by atoms with Crippen LogP contribution in [0.4, 0.5) is 0 Å². The molecular weight excluding hydrogens is 318 g/mol. The lowest BCUT2D eigenvalue weighted by Gasteiger charge is -2.13. The van der Waals surface area contributed by atoms with E-state index in [9.17, 15) is 4.79 Å². The highest BCUT2D eigenvalue weighted by Crippen LogP contribution is 2.23. The molecule has 0 saturated carbocycles. The molecule has 0 spiro atoms. The number of nitrogens with one attached hydrogen (secondary N) is 1. The van der Waals surface area contributed by atoms with Crippen LogP contribution in [0.15, 0.2) is 47.1 Å². The normalized spacial score (nSPS) is 11.2. The third-order valence-corrected chi connectivity index (χ3v) is 4.10. The average molecular weight is 341 g/mol. The van der Waals surface area contributed by atoms with Crippen LogP contribution in [0, 0.1) is 0 Å². The molecule has 2 aromatic heterocycles. The van der Waals surface area contributed by atoms with E-state index < -0.39 is 0 Å². The number of benzene rings is 1. The van der Waals surface area contributed by atoms with Gasteiger partial charge < -0.3 is 23.9 Å². The summed E-state index contributed by atoms with van der Waals surface area (Å²) in [6, 6.07) is 11.5. The Morgan fingerprint density at radius 1 is 1.24 bits per heavy atom. The van der Waals surface area contributed by atoms with Crippen LogP contribution in [0.25, 0.3) is 11.1 Å². The van der Waals surface area contributed by atoms with Gasteiger partial charge in [-0.2, -0.15) is 0 Å². The van der Waals surface area contributed by atoms with E-state index in [0.717, 1.165) is 23.4 Å². The number of hydrogen-bond donors (Lipinski definition) is 1. The Bertz CT molecular complexity index is 847. The SMILES string of the molecule is COc1ccc(Cn2c(C(=O)NCCN(C)C)cc3occc32)cc1. The maximum Gasteiger partial charge on any atom is 0.268 e. The van der Waals surface area contributed by atoms with Gasteiger partial charge in [0.1, 0.15) is 11.4 Å². The minimum Gasteiger partial charge on any atom is -0.497 e. The summed E-state index contributed by atoms with van der Waals surface area (Å²) in [5, 5.41) is 2.96. The first kappa shape index (κ1) is 17.1. The number of methoxy groups -OCH3 is 1. The third kappa shape index (κ3) is 3.85. The molecule has 0 bridgehead atoms. The summed E-state index contributed by atoms with van der Waals surface area (Å²) in [6.45, 7) is 1.98. The number of furan rings is 1. The Labute approximate surface area is 147 Å². The van der Waals surface area contributed by atoms with Crippen molar-refractivity contribution in [2.24, 2.45) is 0 Å². The molecule has 2 heterocycles. The van der Waals surface area contributed by atoms with Crippen molar-refractivity contribution in [2.75, 3.05) is 34.3 Å². The predicted octanol–water partition coefficient (Wildman–Crippen LogP) is 2.58. The Morgan fingerprint density at radius 2 is 2.00 bits per heavy atom. The van der Waals surface area contributed by atoms with Gasteiger partial charge in [0.25, 0.3) is 5.91 Å². The van der Waals surface area contributed by atoms with Gasteiger partial charge in [0.15, 0.2) is 5.58 Å². The Hall–Kier alpha value is -2.73. The van der Waals surface area contributed by atoms with Gasteiger partial charge in [0, 0.05) is 31.8 Å². The summed E-state index contributed by atoms with van der Waals surface area (Å²) in [6.07, 6.45) is 1.64. The molecule has 0 aliphatic heterocycles. The second-order valence-electron chi connectivity index (χ2n) is 6.19. The van der Waals surface area contributed by atoms with Gasteiger partial charge >= 0.3 is 0 Å². The number of carbonyl (C=O) groups excluding carboxylic acids is 1. The number of rotatable bonds is 7. The number of aromatic nitrogens is 1. The number of ether oxygens (including phenoxy) is 1. The van der Waals surface area contributed by atoms with Crippen LogP contribution in [-0.4, -0.2) is 49.7 Å². The molecule has 3 rings (SSSR count). The number of amides is 1. The van der Waals surface area contributed by atoms with Gasteiger partial charge in [-0.25, -0.2) is 0 Å². The van der Waals surface area contributed by atoms with Crippen molar-refractivity contribution in [1.82, 2.24) is 14.8 Å². The molecule has 25 heavy (non-hydrogen) atoms. The molecular formula is C19H23N3O3. The molecule has 3 aromatic rings. The highest BCUT2D eigenvalue weighted by Gasteiger charge is 2.17. The first-order valence-corrected chi connectivity index (χ1v) is 8.21. The van der Waals surface area contributed by atoms with Crippen molar-refractivity contribution in [1.29, 1.82) is 0 Å². The van der Waals surface area contributed by atoms with Crippen molar-refractivity contribution < 1.29 is 13.9 Å². The minimum atomic E-state index is -0.0956. The van der Waals surface area contributed by atoms with E-state index in [1.54, 1.807) is 19.4 Å². The topological polar surface area (TPSA) is 59.6 Å². The predicted molar refractivity (Wildman–Crippen MR) is 97.2 cm³/mol. The van der Waals surface area contributed by atoms with Crippen LogP contribution < -0.4 is 10.1 Å². The van der Waals surface area contributed by atoms with Gasteiger partial charge in [-0.3, -0.25) is 4.79 Å². The number of nitrogens with zero attached hydrogens (tertiary/aromatic N) is 2. The van der Waals surface area contributed by atoms with Crippen LogP contribution in [0.1, 0.15) is 16.1 Å². The van der Waals surface area contributed by atoms with E-state index in [0.29, 0.717) is 24.4 Å². The van der Waals surface area contributed by atoms with E-state index in [4.69, 9.17) is 9.15 Å². The lowest BCUT2D eigenvalue weighted by molar-refractivity contribution is 0.0942. The number of fused-ring (bicyclic) bond motifs is 1. The summed E-state index contributed by atoms with van der Waals surface area (Å²) in [5.74, 6) is 0.716. The molecule has 6 heteroatoms. The fourth-order valence-electron chi connectivity index (χ4n) is 2.73. The summed E-state index contributed by atoms with van der Waals surface area (Å²) < 4.78 is 12.7. The average Bonchev–Trinajstić information content (AvgIpc) is 3.18. The highest BCUT2D eigenvalue weighted by atomic mass is 16.5. The molecule has 0 aliphatic rings. The fraction of sp³-hybridized carbons (Fsp3) is 0.316. The molecule has 1 N–H and O–H groups in total. The Morgan fingerprint density at radius 3 is 2.68 bits per heavy atom. The van der Waals surface area contributed by atoms with Gasteiger partial charge in [0.2, 0.25) is 0 Å². The third-order valence-electron chi connectivity index (χ3n) is 4.10. The lowest BCUT2D eigenvalue weighted by atomic mass is 10.2. The van der Waals surface area contributed by atoms with Crippen molar-refractivity contribution in [3.8, 4) is 5.75 Å². The molecule has 132 valence electrons. The second kappa shape index (κ2) is 7.44. The standard InChI is InChI=1S/C19H23N3O3/c1-21(2)10-9-20-19(23)17-12-18-16(8-11-25-18)22(17)13-14-4-6-15(24-3)7-5-14/h4-8,11-12H,9-10,13H2,1-3H3,(H,20,23). The summed E-state index contributed by atoms with van der Waals surface area (Å²) in [7, 11) is 5.60. The van der Waals surface area contributed by atoms with E-state index in [2.05, 4.69) is 5.32 Å². The van der Waals surface area contributed by atoms with Crippen LogP contribution in [0.5, 0.6) is 5.75 Å². The summed E-state index contributed by atoms with van der Waals surface area (Å²) in [4.78, 5) is 14.6. The minimum absolute atomic E-state index is 0.0956. The zero-order valence-electron chi connectivity index (χ0n) is 14.8. The molecule has 0 atom stereocenters. The van der Waals surface area contributed by atoms with E-state index in [-0.39, 0.29) is 5.91 Å². The van der Waals surface area contributed by atoms with Crippen molar-refractivity contribution in [3.63, 3.8) is 0 Å². The molecule has 0 radical (unpaired) electrons. The highest BCUT2D eigenvalue weighted by molar-refractivity contribution is 5.97.